The molecule has 0 aromatic rings. The molecule has 0 aromatic heterocycles. The van der Waals surface area contributed by atoms with E-state index in [-0.39, 0.29) is 0 Å². The van der Waals surface area contributed by atoms with Gasteiger partial charge >= 0.3 is 0 Å². The average Bonchev–Trinajstić information content (AvgIpc) is 2.03. The molecule has 1 aliphatic carbocycles. The van der Waals surface area contributed by atoms with E-state index in [0.717, 1.165) is 18.8 Å². The summed E-state index contributed by atoms with van der Waals surface area (Å²) in [6.45, 7) is 5.64. The van der Waals surface area contributed by atoms with E-state index in [2.05, 4.69) is 6.92 Å². The fourth-order valence-corrected chi connectivity index (χ4v) is 2.18. The zero-order valence-electron chi connectivity index (χ0n) is 8.95. The van der Waals surface area contributed by atoms with Gasteiger partial charge in [-0.25, -0.2) is 0 Å². The van der Waals surface area contributed by atoms with Gasteiger partial charge in [-0.1, -0.05) is 19.8 Å². The summed E-state index contributed by atoms with van der Waals surface area (Å²) in [4.78, 5) is 0. The largest absolute Gasteiger partial charge is 0.390 e. The highest BCUT2D eigenvalue weighted by molar-refractivity contribution is 4.85. The molecule has 0 aliphatic heterocycles. The fourth-order valence-electron chi connectivity index (χ4n) is 2.18. The topological polar surface area (TPSA) is 40.5 Å². The van der Waals surface area contributed by atoms with Gasteiger partial charge in [0, 0.05) is 0 Å². The van der Waals surface area contributed by atoms with Crippen LogP contribution in [0.3, 0.4) is 0 Å². The van der Waals surface area contributed by atoms with Crippen LogP contribution in [-0.2, 0) is 0 Å². The van der Waals surface area contributed by atoms with E-state index in [4.69, 9.17) is 0 Å². The van der Waals surface area contributed by atoms with Crippen LogP contribution in [0.4, 0.5) is 0 Å². The maximum Gasteiger partial charge on any atom is 0.0852 e. The summed E-state index contributed by atoms with van der Waals surface area (Å²) in [5.74, 6) is 1.10. The Morgan fingerprint density at radius 1 is 1.15 bits per heavy atom. The third-order valence-electron chi connectivity index (χ3n) is 3.23. The summed E-state index contributed by atoms with van der Waals surface area (Å²) < 4.78 is 0. The molecule has 1 atom stereocenters. The Balaban J connectivity index is 2.45. The van der Waals surface area contributed by atoms with Crippen molar-refractivity contribution < 1.29 is 10.2 Å². The van der Waals surface area contributed by atoms with Crippen molar-refractivity contribution in [3.05, 3.63) is 0 Å². The zero-order chi connectivity index (χ0) is 10.1. The van der Waals surface area contributed by atoms with Gasteiger partial charge in [-0.2, -0.15) is 0 Å². The van der Waals surface area contributed by atoms with Gasteiger partial charge in [0.25, 0.3) is 0 Å². The van der Waals surface area contributed by atoms with Crippen molar-refractivity contribution in [2.45, 2.75) is 58.2 Å². The molecular weight excluding hydrogens is 164 g/mol. The van der Waals surface area contributed by atoms with E-state index in [0.29, 0.717) is 5.92 Å². The van der Waals surface area contributed by atoms with Gasteiger partial charge in [0.2, 0.25) is 0 Å². The second kappa shape index (κ2) is 3.97. The lowest BCUT2D eigenvalue weighted by atomic mass is 9.76. The van der Waals surface area contributed by atoms with E-state index in [9.17, 15) is 10.2 Å². The molecule has 0 amide bonds. The molecule has 2 N–H and O–H groups in total. The third-order valence-corrected chi connectivity index (χ3v) is 3.23. The van der Waals surface area contributed by atoms with Crippen LogP contribution in [0.15, 0.2) is 0 Å². The molecule has 0 radical (unpaired) electrons. The number of aliphatic hydroxyl groups is 2. The minimum absolute atomic E-state index is 0.302. The van der Waals surface area contributed by atoms with Crippen LogP contribution in [0.5, 0.6) is 0 Å². The van der Waals surface area contributed by atoms with Crippen molar-refractivity contribution in [1.29, 1.82) is 0 Å². The van der Waals surface area contributed by atoms with E-state index < -0.39 is 11.7 Å². The Labute approximate surface area is 81.0 Å². The summed E-state index contributed by atoms with van der Waals surface area (Å²) in [5.41, 5.74) is -0.939. The van der Waals surface area contributed by atoms with Crippen LogP contribution in [0.1, 0.15) is 46.5 Å². The minimum atomic E-state index is -0.939. The molecule has 1 aliphatic rings. The second-order valence-electron chi connectivity index (χ2n) is 5.12. The van der Waals surface area contributed by atoms with Gasteiger partial charge in [-0.15, -0.1) is 0 Å². The summed E-state index contributed by atoms with van der Waals surface area (Å²) in [6.07, 6.45) is 3.95. The highest BCUT2D eigenvalue weighted by Crippen LogP contribution is 2.33. The van der Waals surface area contributed by atoms with Crippen LogP contribution >= 0.6 is 0 Å². The molecule has 0 spiro atoms. The molecule has 2 heteroatoms. The summed E-state index contributed by atoms with van der Waals surface area (Å²) in [5, 5.41) is 19.5. The van der Waals surface area contributed by atoms with Crippen LogP contribution in [0, 0.1) is 11.8 Å². The van der Waals surface area contributed by atoms with Gasteiger partial charge in [0.1, 0.15) is 0 Å². The van der Waals surface area contributed by atoms with Crippen LogP contribution in [0.25, 0.3) is 0 Å². The molecular formula is C11H22O2. The zero-order valence-corrected chi connectivity index (χ0v) is 8.95. The smallest absolute Gasteiger partial charge is 0.0852 e. The Kier molecular flexibility index (Phi) is 3.36. The normalized spacial score (nSPS) is 33.0. The van der Waals surface area contributed by atoms with E-state index in [1.165, 1.54) is 12.8 Å². The molecule has 0 heterocycles. The van der Waals surface area contributed by atoms with Crippen LogP contribution in [-0.4, -0.2) is 21.9 Å². The molecule has 1 unspecified atom stereocenters. The predicted octanol–water partition coefficient (Wildman–Crippen LogP) is 1.94. The van der Waals surface area contributed by atoms with Crippen molar-refractivity contribution >= 4 is 0 Å². The van der Waals surface area contributed by atoms with E-state index in [1.807, 2.05) is 0 Å². The van der Waals surface area contributed by atoms with Crippen molar-refractivity contribution in [2.24, 2.45) is 11.8 Å². The standard InChI is InChI=1S/C11H22O2/c1-8-4-6-9(7-5-8)10(12)11(2,3)13/h8-10,12-13H,4-7H2,1-3H3. The van der Waals surface area contributed by atoms with Gasteiger partial charge in [-0.05, 0) is 38.5 Å². The molecule has 0 bridgehead atoms. The number of hydrogen-bond donors (Lipinski definition) is 2. The quantitative estimate of drug-likeness (QED) is 0.692. The van der Waals surface area contributed by atoms with Crippen LogP contribution in [0.2, 0.25) is 0 Å². The van der Waals surface area contributed by atoms with Crippen molar-refractivity contribution in [1.82, 2.24) is 0 Å². The molecule has 0 aromatic carbocycles. The molecule has 78 valence electrons. The maximum atomic E-state index is 9.85. The lowest BCUT2D eigenvalue weighted by molar-refractivity contribution is -0.0854. The Bertz CT molecular complexity index is 152. The minimum Gasteiger partial charge on any atom is -0.390 e. The Hall–Kier alpha value is -0.0800. The fraction of sp³-hybridized carbons (Fsp3) is 1.00. The highest BCUT2D eigenvalue weighted by atomic mass is 16.3. The highest BCUT2D eigenvalue weighted by Gasteiger charge is 2.33. The first-order chi connectivity index (χ1) is 5.91. The predicted molar refractivity (Wildman–Crippen MR) is 53.4 cm³/mol. The molecule has 1 saturated carbocycles. The first-order valence-electron chi connectivity index (χ1n) is 5.31. The SMILES string of the molecule is CC1CCC(C(O)C(C)(C)O)CC1. The lowest BCUT2D eigenvalue weighted by Crippen LogP contribution is -2.42. The van der Waals surface area contributed by atoms with Crippen molar-refractivity contribution in [3.63, 3.8) is 0 Å². The number of hydrogen-bond acceptors (Lipinski definition) is 2. The van der Waals surface area contributed by atoms with Crippen molar-refractivity contribution in [2.75, 3.05) is 0 Å². The van der Waals surface area contributed by atoms with Gasteiger partial charge < -0.3 is 10.2 Å². The lowest BCUT2D eigenvalue weighted by Gasteiger charge is -2.35. The number of aliphatic hydroxyl groups excluding tert-OH is 1. The molecule has 2 nitrogen and oxygen atoms in total. The van der Waals surface area contributed by atoms with Gasteiger partial charge in [0.05, 0.1) is 11.7 Å². The first kappa shape index (κ1) is 11.0. The van der Waals surface area contributed by atoms with Gasteiger partial charge in [-0.3, -0.25) is 0 Å². The first-order valence-corrected chi connectivity index (χ1v) is 5.31. The average molecular weight is 186 g/mol. The number of rotatable bonds is 2. The summed E-state index contributed by atoms with van der Waals surface area (Å²) in [7, 11) is 0. The monoisotopic (exact) mass is 186 g/mol. The molecule has 0 saturated heterocycles. The summed E-state index contributed by atoms with van der Waals surface area (Å²) in [6, 6.07) is 0. The molecule has 1 rings (SSSR count). The molecule has 13 heavy (non-hydrogen) atoms. The Morgan fingerprint density at radius 3 is 2.00 bits per heavy atom. The third kappa shape index (κ3) is 2.96. The Morgan fingerprint density at radius 2 is 1.62 bits per heavy atom. The van der Waals surface area contributed by atoms with Crippen molar-refractivity contribution in [3.8, 4) is 0 Å². The van der Waals surface area contributed by atoms with Gasteiger partial charge in [0.15, 0.2) is 0 Å². The van der Waals surface area contributed by atoms with E-state index in [1.54, 1.807) is 13.8 Å². The van der Waals surface area contributed by atoms with E-state index >= 15 is 0 Å². The second-order valence-corrected chi connectivity index (χ2v) is 5.12. The maximum absolute atomic E-state index is 9.85. The van der Waals surface area contributed by atoms with Crippen LogP contribution < -0.4 is 0 Å². The summed E-state index contributed by atoms with van der Waals surface area (Å²) >= 11 is 0. The molecule has 1 fully saturated rings.